The van der Waals surface area contributed by atoms with E-state index in [2.05, 4.69) is 5.32 Å². The summed E-state index contributed by atoms with van der Waals surface area (Å²) < 4.78 is 16.5. The van der Waals surface area contributed by atoms with Gasteiger partial charge in [-0.3, -0.25) is 4.79 Å². The molecule has 0 fully saturated rings. The molecule has 39 heavy (non-hydrogen) atoms. The minimum Gasteiger partial charge on any atom is -0.490 e. The first-order chi connectivity index (χ1) is 19.1. The van der Waals surface area contributed by atoms with Crippen LogP contribution in [0, 0.1) is 0 Å². The van der Waals surface area contributed by atoms with E-state index < -0.39 is 12.0 Å². The molecular weight excluding hydrogens is 490 g/mol. The maximum atomic E-state index is 12.9. The van der Waals surface area contributed by atoms with E-state index >= 15 is 0 Å². The number of benzene rings is 4. The van der Waals surface area contributed by atoms with Crippen LogP contribution in [0.5, 0.6) is 11.5 Å². The lowest BCUT2D eigenvalue weighted by atomic mass is 10.0. The Labute approximate surface area is 228 Å². The summed E-state index contributed by atoms with van der Waals surface area (Å²) in [6.45, 7) is 0.871. The van der Waals surface area contributed by atoms with Crippen LogP contribution < -0.4 is 14.8 Å². The van der Waals surface area contributed by atoms with Crippen molar-refractivity contribution >= 4 is 18.0 Å². The van der Waals surface area contributed by atoms with Gasteiger partial charge in [-0.05, 0) is 59.2 Å². The van der Waals surface area contributed by atoms with E-state index in [1.807, 2.05) is 97.1 Å². The zero-order valence-corrected chi connectivity index (χ0v) is 21.8. The molecule has 4 aromatic carbocycles. The Morgan fingerprint density at radius 3 is 2.03 bits per heavy atom. The van der Waals surface area contributed by atoms with Gasteiger partial charge < -0.3 is 19.5 Å². The predicted octanol–water partition coefficient (Wildman–Crippen LogP) is 5.87. The zero-order chi connectivity index (χ0) is 27.3. The molecule has 0 saturated carbocycles. The van der Waals surface area contributed by atoms with E-state index in [9.17, 15) is 9.59 Å². The van der Waals surface area contributed by atoms with Crippen LogP contribution in [-0.4, -0.2) is 31.6 Å². The highest BCUT2D eigenvalue weighted by Crippen LogP contribution is 2.17. The molecule has 6 nitrogen and oxygen atoms in total. The Kier molecular flexibility index (Phi) is 9.90. The van der Waals surface area contributed by atoms with Crippen LogP contribution in [0.1, 0.15) is 27.0 Å². The number of carbonyl (C=O) groups excluding carboxylic acids is 2. The van der Waals surface area contributed by atoms with E-state index in [-0.39, 0.29) is 12.3 Å². The number of ether oxygens (including phenoxy) is 3. The number of methoxy groups -OCH3 is 1. The van der Waals surface area contributed by atoms with Gasteiger partial charge in [-0.1, -0.05) is 78.9 Å². The van der Waals surface area contributed by atoms with E-state index in [4.69, 9.17) is 14.2 Å². The summed E-state index contributed by atoms with van der Waals surface area (Å²) >= 11 is 0. The van der Waals surface area contributed by atoms with Crippen LogP contribution in [0.4, 0.5) is 0 Å². The SMILES string of the molecule is COC(=O)[C@H](Cc1ccc(OCc2ccccc2)cc1)NC(=O)c1ccc(OCC=Cc2ccccc2)cc1. The maximum Gasteiger partial charge on any atom is 0.328 e. The van der Waals surface area contributed by atoms with E-state index in [1.165, 1.54) is 7.11 Å². The molecule has 4 rings (SSSR count). The third-order valence-corrected chi connectivity index (χ3v) is 5.98. The fraction of sp³-hybridized carbons (Fsp3) is 0.152. The second-order valence-electron chi connectivity index (χ2n) is 8.82. The Morgan fingerprint density at radius 1 is 0.744 bits per heavy atom. The number of carbonyl (C=O) groups is 2. The summed E-state index contributed by atoms with van der Waals surface area (Å²) in [6, 6.07) is 33.3. The zero-order valence-electron chi connectivity index (χ0n) is 21.8. The Bertz CT molecular complexity index is 1350. The van der Waals surface area contributed by atoms with Gasteiger partial charge in [-0.15, -0.1) is 0 Å². The Hall–Kier alpha value is -4.84. The molecule has 1 amide bonds. The number of rotatable bonds is 12. The smallest absolute Gasteiger partial charge is 0.328 e. The van der Waals surface area contributed by atoms with Crippen molar-refractivity contribution in [2.75, 3.05) is 13.7 Å². The molecule has 0 radical (unpaired) electrons. The molecule has 0 saturated heterocycles. The Morgan fingerprint density at radius 2 is 1.36 bits per heavy atom. The lowest BCUT2D eigenvalue weighted by molar-refractivity contribution is -0.142. The fourth-order valence-corrected chi connectivity index (χ4v) is 3.87. The summed E-state index contributed by atoms with van der Waals surface area (Å²) in [5, 5.41) is 2.79. The van der Waals surface area contributed by atoms with Crippen molar-refractivity contribution in [3.8, 4) is 11.5 Å². The summed E-state index contributed by atoms with van der Waals surface area (Å²) in [5.74, 6) is 0.476. The maximum absolute atomic E-state index is 12.9. The molecule has 6 heteroatoms. The monoisotopic (exact) mass is 521 g/mol. The highest BCUT2D eigenvalue weighted by molar-refractivity contribution is 5.96. The van der Waals surface area contributed by atoms with E-state index in [0.717, 1.165) is 22.4 Å². The molecule has 0 unspecified atom stereocenters. The highest BCUT2D eigenvalue weighted by atomic mass is 16.5. The predicted molar refractivity (Wildman–Crippen MR) is 152 cm³/mol. The van der Waals surface area contributed by atoms with Crippen LogP contribution in [0.15, 0.2) is 115 Å². The average Bonchev–Trinajstić information content (AvgIpc) is 2.99. The number of hydrogen-bond acceptors (Lipinski definition) is 5. The van der Waals surface area contributed by atoms with Crippen LogP contribution in [-0.2, 0) is 22.6 Å². The van der Waals surface area contributed by atoms with Crippen LogP contribution in [0.25, 0.3) is 6.08 Å². The van der Waals surface area contributed by atoms with Crippen molar-refractivity contribution in [3.05, 3.63) is 138 Å². The van der Waals surface area contributed by atoms with Gasteiger partial charge >= 0.3 is 5.97 Å². The van der Waals surface area contributed by atoms with E-state index in [0.29, 0.717) is 24.5 Å². The van der Waals surface area contributed by atoms with Gasteiger partial charge in [0.25, 0.3) is 5.91 Å². The first-order valence-electron chi connectivity index (χ1n) is 12.7. The molecule has 0 aromatic heterocycles. The molecule has 1 N–H and O–H groups in total. The number of esters is 1. The fourth-order valence-electron chi connectivity index (χ4n) is 3.87. The van der Waals surface area contributed by atoms with Crippen molar-refractivity contribution in [1.29, 1.82) is 0 Å². The van der Waals surface area contributed by atoms with Gasteiger partial charge in [0.15, 0.2) is 0 Å². The van der Waals surface area contributed by atoms with Crippen LogP contribution in [0.2, 0.25) is 0 Å². The van der Waals surface area contributed by atoms with Crippen molar-refractivity contribution in [3.63, 3.8) is 0 Å². The molecule has 0 heterocycles. The van der Waals surface area contributed by atoms with Gasteiger partial charge in [0.05, 0.1) is 7.11 Å². The van der Waals surface area contributed by atoms with Gasteiger partial charge in [-0.2, -0.15) is 0 Å². The second-order valence-corrected chi connectivity index (χ2v) is 8.82. The van der Waals surface area contributed by atoms with Gasteiger partial charge in [-0.25, -0.2) is 4.79 Å². The summed E-state index contributed by atoms with van der Waals surface area (Å²) in [4.78, 5) is 25.3. The third kappa shape index (κ3) is 8.61. The molecule has 0 aliphatic carbocycles. The molecule has 1 atom stereocenters. The summed E-state index contributed by atoms with van der Waals surface area (Å²) in [7, 11) is 1.31. The topological polar surface area (TPSA) is 73.9 Å². The molecular formula is C33H31NO5. The second kappa shape index (κ2) is 14.2. The molecule has 0 aliphatic heterocycles. The standard InChI is InChI=1S/C33H31NO5/c1-37-33(36)31(23-26-14-18-30(19-15-26)39-24-27-11-6-3-7-12-27)34-32(35)28-16-20-29(21-17-28)38-22-8-13-25-9-4-2-5-10-25/h2-21,31H,22-24H2,1H3,(H,34,35)/t31-/m0/s1. The van der Waals surface area contributed by atoms with Crippen LogP contribution >= 0.6 is 0 Å². The van der Waals surface area contributed by atoms with Crippen LogP contribution in [0.3, 0.4) is 0 Å². The lowest BCUT2D eigenvalue weighted by Gasteiger charge is -2.17. The quantitative estimate of drug-likeness (QED) is 0.236. The molecule has 198 valence electrons. The molecule has 4 aromatic rings. The number of nitrogens with one attached hydrogen (secondary N) is 1. The summed E-state index contributed by atoms with van der Waals surface area (Å²) in [5.41, 5.74) is 3.46. The number of hydrogen-bond donors (Lipinski definition) is 1. The summed E-state index contributed by atoms with van der Waals surface area (Å²) in [6.07, 6.45) is 4.20. The first-order valence-corrected chi connectivity index (χ1v) is 12.7. The minimum atomic E-state index is -0.836. The molecule has 0 spiro atoms. The van der Waals surface area contributed by atoms with Crippen molar-refractivity contribution in [2.45, 2.75) is 19.1 Å². The van der Waals surface area contributed by atoms with Crippen molar-refractivity contribution in [2.24, 2.45) is 0 Å². The van der Waals surface area contributed by atoms with Gasteiger partial charge in [0.2, 0.25) is 0 Å². The first kappa shape index (κ1) is 27.2. The lowest BCUT2D eigenvalue weighted by Crippen LogP contribution is -2.43. The average molecular weight is 522 g/mol. The van der Waals surface area contributed by atoms with Gasteiger partial charge in [0.1, 0.15) is 30.8 Å². The van der Waals surface area contributed by atoms with Crippen molar-refractivity contribution < 1.29 is 23.8 Å². The highest BCUT2D eigenvalue weighted by Gasteiger charge is 2.22. The van der Waals surface area contributed by atoms with Crippen molar-refractivity contribution in [1.82, 2.24) is 5.32 Å². The molecule has 0 bridgehead atoms. The van der Waals surface area contributed by atoms with E-state index in [1.54, 1.807) is 24.3 Å². The number of amides is 1. The largest absolute Gasteiger partial charge is 0.490 e. The third-order valence-electron chi connectivity index (χ3n) is 5.98. The Balaban J connectivity index is 1.29. The minimum absolute atomic E-state index is 0.284. The molecule has 0 aliphatic rings. The van der Waals surface area contributed by atoms with Gasteiger partial charge in [0, 0.05) is 12.0 Å². The normalized spacial score (nSPS) is 11.5.